The number of carboxylic acid groups (broad SMARTS) is 1. The molecule has 0 aromatic heterocycles. The van der Waals surface area contributed by atoms with Crippen molar-refractivity contribution in [3.63, 3.8) is 0 Å². The number of nitro groups is 1. The molecular formula is C14H15ClN2O5. The van der Waals surface area contributed by atoms with E-state index >= 15 is 0 Å². The second kappa shape index (κ2) is 6.74. The number of aliphatic carboxylic acids is 1. The summed E-state index contributed by atoms with van der Waals surface area (Å²) in [5.74, 6) is -1.52. The zero-order valence-corrected chi connectivity index (χ0v) is 12.4. The van der Waals surface area contributed by atoms with Crippen molar-refractivity contribution in [2.45, 2.75) is 31.7 Å². The van der Waals surface area contributed by atoms with Gasteiger partial charge in [-0.1, -0.05) is 17.7 Å². The molecule has 0 aliphatic heterocycles. The minimum absolute atomic E-state index is 0.00503. The number of carboxylic acids is 1. The van der Waals surface area contributed by atoms with Crippen molar-refractivity contribution in [1.82, 2.24) is 5.32 Å². The molecule has 1 amide bonds. The predicted molar refractivity (Wildman–Crippen MR) is 78.7 cm³/mol. The maximum absolute atomic E-state index is 12.0. The van der Waals surface area contributed by atoms with Gasteiger partial charge in [-0.15, -0.1) is 0 Å². The van der Waals surface area contributed by atoms with Crippen LogP contribution in [0, 0.1) is 16.0 Å². The highest BCUT2D eigenvalue weighted by Gasteiger charge is 2.30. The van der Waals surface area contributed by atoms with Crippen molar-refractivity contribution >= 4 is 29.2 Å². The lowest BCUT2D eigenvalue weighted by Crippen LogP contribution is -2.34. The first-order chi connectivity index (χ1) is 10.4. The zero-order chi connectivity index (χ0) is 16.3. The number of amides is 1. The summed E-state index contributed by atoms with van der Waals surface area (Å²) in [4.78, 5) is 32.9. The van der Waals surface area contributed by atoms with E-state index in [9.17, 15) is 19.7 Å². The molecule has 7 nitrogen and oxygen atoms in total. The third-order valence-electron chi connectivity index (χ3n) is 3.75. The third-order valence-corrected chi connectivity index (χ3v) is 4.10. The zero-order valence-electron chi connectivity index (χ0n) is 11.6. The van der Waals surface area contributed by atoms with Crippen LogP contribution in [0.1, 0.15) is 24.8 Å². The molecule has 1 aliphatic carbocycles. The molecule has 2 rings (SSSR count). The number of hydrogen-bond acceptors (Lipinski definition) is 4. The molecule has 1 saturated carbocycles. The molecular weight excluding hydrogens is 312 g/mol. The number of halogens is 1. The average molecular weight is 327 g/mol. The SMILES string of the molecule is O=C(Cc1ccc([N+](=O)[O-])cc1Cl)N[C@H]1CC[C@@H](C(=O)O)C1. The summed E-state index contributed by atoms with van der Waals surface area (Å²) in [7, 11) is 0. The van der Waals surface area contributed by atoms with Gasteiger partial charge in [0.2, 0.25) is 5.91 Å². The van der Waals surface area contributed by atoms with E-state index in [0.717, 1.165) is 0 Å². The monoisotopic (exact) mass is 326 g/mol. The molecule has 1 fully saturated rings. The predicted octanol–water partition coefficient (Wildman–Crippen LogP) is 2.16. The lowest BCUT2D eigenvalue weighted by molar-refractivity contribution is -0.384. The van der Waals surface area contributed by atoms with Gasteiger partial charge in [0.15, 0.2) is 0 Å². The Bertz CT molecular complexity index is 619. The van der Waals surface area contributed by atoms with E-state index in [2.05, 4.69) is 5.32 Å². The van der Waals surface area contributed by atoms with Crippen LogP contribution in [0.2, 0.25) is 5.02 Å². The van der Waals surface area contributed by atoms with Crippen LogP contribution in [0.3, 0.4) is 0 Å². The molecule has 8 heteroatoms. The molecule has 0 spiro atoms. The second-order valence-electron chi connectivity index (χ2n) is 5.32. The van der Waals surface area contributed by atoms with Crippen molar-refractivity contribution in [2.75, 3.05) is 0 Å². The number of nitrogens with one attached hydrogen (secondary N) is 1. The van der Waals surface area contributed by atoms with Gasteiger partial charge in [-0.25, -0.2) is 0 Å². The van der Waals surface area contributed by atoms with Gasteiger partial charge in [0.05, 0.1) is 22.3 Å². The standard InChI is InChI=1S/C14H15ClN2O5/c15-12-7-11(17(21)22)4-2-8(12)6-13(18)16-10-3-1-9(5-10)14(19)20/h2,4,7,9-10H,1,3,5-6H2,(H,16,18)(H,19,20)/t9-,10+/m1/s1. The number of rotatable bonds is 5. The molecule has 118 valence electrons. The van der Waals surface area contributed by atoms with E-state index in [1.807, 2.05) is 0 Å². The van der Waals surface area contributed by atoms with Gasteiger partial charge >= 0.3 is 5.97 Å². The molecule has 1 aromatic rings. The highest BCUT2D eigenvalue weighted by Crippen LogP contribution is 2.26. The Morgan fingerprint density at radius 1 is 1.41 bits per heavy atom. The van der Waals surface area contributed by atoms with Crippen LogP contribution in [-0.4, -0.2) is 27.9 Å². The number of nitrogens with zero attached hydrogens (tertiary/aromatic N) is 1. The summed E-state index contributed by atoms with van der Waals surface area (Å²) in [6, 6.07) is 3.81. The Morgan fingerprint density at radius 2 is 2.14 bits per heavy atom. The Hall–Kier alpha value is -2.15. The maximum atomic E-state index is 12.0. The van der Waals surface area contributed by atoms with Gasteiger partial charge in [0.1, 0.15) is 0 Å². The summed E-state index contributed by atoms with van der Waals surface area (Å²) < 4.78 is 0. The fourth-order valence-corrected chi connectivity index (χ4v) is 2.82. The van der Waals surface area contributed by atoms with Gasteiger partial charge in [0.25, 0.3) is 5.69 Å². The topological polar surface area (TPSA) is 110 Å². The molecule has 2 atom stereocenters. The minimum Gasteiger partial charge on any atom is -0.481 e. The van der Waals surface area contributed by atoms with Crippen LogP contribution >= 0.6 is 11.6 Å². The summed E-state index contributed by atoms with van der Waals surface area (Å²) >= 11 is 5.94. The van der Waals surface area contributed by atoms with Crippen molar-refractivity contribution < 1.29 is 19.6 Å². The molecule has 2 N–H and O–H groups in total. The second-order valence-corrected chi connectivity index (χ2v) is 5.73. The fraction of sp³-hybridized carbons (Fsp3) is 0.429. The van der Waals surface area contributed by atoms with Crippen LogP contribution in [0.5, 0.6) is 0 Å². The maximum Gasteiger partial charge on any atom is 0.306 e. The van der Waals surface area contributed by atoms with Crippen LogP contribution in [0.4, 0.5) is 5.69 Å². The summed E-state index contributed by atoms with van der Waals surface area (Å²) in [6.07, 6.45) is 1.62. The van der Waals surface area contributed by atoms with E-state index < -0.39 is 16.8 Å². The van der Waals surface area contributed by atoms with Gasteiger partial charge in [-0.05, 0) is 24.8 Å². The minimum atomic E-state index is -0.838. The number of non-ortho nitro benzene ring substituents is 1. The number of hydrogen-bond donors (Lipinski definition) is 2. The quantitative estimate of drug-likeness (QED) is 0.636. The Morgan fingerprint density at radius 3 is 2.68 bits per heavy atom. The van der Waals surface area contributed by atoms with Crippen LogP contribution in [0.15, 0.2) is 18.2 Å². The smallest absolute Gasteiger partial charge is 0.306 e. The summed E-state index contributed by atoms with van der Waals surface area (Å²) in [6.45, 7) is 0. The number of benzene rings is 1. The first-order valence-corrected chi connectivity index (χ1v) is 7.19. The highest BCUT2D eigenvalue weighted by molar-refractivity contribution is 6.31. The molecule has 0 heterocycles. The van der Waals surface area contributed by atoms with Crippen LogP contribution in [-0.2, 0) is 16.0 Å². The lowest BCUT2D eigenvalue weighted by atomic mass is 10.1. The third kappa shape index (κ3) is 3.94. The van der Waals surface area contributed by atoms with Gasteiger partial charge in [0, 0.05) is 18.2 Å². The molecule has 0 radical (unpaired) electrons. The molecule has 0 bridgehead atoms. The van der Waals surface area contributed by atoms with E-state index in [0.29, 0.717) is 24.8 Å². The number of carbonyl (C=O) groups excluding carboxylic acids is 1. The van der Waals surface area contributed by atoms with E-state index in [1.54, 1.807) is 0 Å². The fourth-order valence-electron chi connectivity index (χ4n) is 2.58. The average Bonchev–Trinajstić information content (AvgIpc) is 2.89. The van der Waals surface area contributed by atoms with Crippen molar-refractivity contribution in [2.24, 2.45) is 5.92 Å². The molecule has 1 aromatic carbocycles. The van der Waals surface area contributed by atoms with Crippen LogP contribution < -0.4 is 5.32 Å². The Labute approximate surface area is 131 Å². The lowest BCUT2D eigenvalue weighted by Gasteiger charge is -2.13. The van der Waals surface area contributed by atoms with E-state index in [4.69, 9.17) is 16.7 Å². The van der Waals surface area contributed by atoms with E-state index in [-0.39, 0.29) is 29.1 Å². The van der Waals surface area contributed by atoms with Crippen LogP contribution in [0.25, 0.3) is 0 Å². The summed E-state index contributed by atoms with van der Waals surface area (Å²) in [5, 5.41) is 22.5. The summed E-state index contributed by atoms with van der Waals surface area (Å²) in [5.41, 5.74) is 0.367. The first-order valence-electron chi connectivity index (χ1n) is 6.82. The Balaban J connectivity index is 1.93. The normalized spacial score (nSPS) is 20.6. The van der Waals surface area contributed by atoms with Gasteiger partial charge < -0.3 is 10.4 Å². The van der Waals surface area contributed by atoms with Crippen molar-refractivity contribution in [3.05, 3.63) is 38.9 Å². The highest BCUT2D eigenvalue weighted by atomic mass is 35.5. The van der Waals surface area contributed by atoms with Gasteiger partial charge in [-0.3, -0.25) is 19.7 Å². The van der Waals surface area contributed by atoms with Crippen molar-refractivity contribution in [3.8, 4) is 0 Å². The molecule has 1 aliphatic rings. The first kappa shape index (κ1) is 16.2. The van der Waals surface area contributed by atoms with Gasteiger partial charge in [-0.2, -0.15) is 0 Å². The molecule has 0 unspecified atom stereocenters. The van der Waals surface area contributed by atoms with Crippen molar-refractivity contribution in [1.29, 1.82) is 0 Å². The number of nitro benzene ring substituents is 1. The largest absolute Gasteiger partial charge is 0.481 e. The molecule has 22 heavy (non-hydrogen) atoms. The van der Waals surface area contributed by atoms with E-state index in [1.165, 1.54) is 18.2 Å². The Kier molecular flexibility index (Phi) is 4.97. The molecule has 0 saturated heterocycles. The number of carbonyl (C=O) groups is 2.